The van der Waals surface area contributed by atoms with Gasteiger partial charge in [0.15, 0.2) is 0 Å². The summed E-state index contributed by atoms with van der Waals surface area (Å²) in [6.07, 6.45) is 5.97. The Morgan fingerprint density at radius 3 is 2.27 bits per heavy atom. The third-order valence-electron chi connectivity index (χ3n) is 2.41. The first kappa shape index (κ1) is 14.6. The third-order valence-corrected chi connectivity index (χ3v) is 4.27. The van der Waals surface area contributed by atoms with Gasteiger partial charge in [0.2, 0.25) is 0 Å². The number of carboxylic acids is 1. The lowest BCUT2D eigenvalue weighted by Gasteiger charge is -2.09. The lowest BCUT2D eigenvalue weighted by Crippen LogP contribution is -2.26. The summed E-state index contributed by atoms with van der Waals surface area (Å²) in [5, 5.41) is 8.12. The zero-order valence-electron chi connectivity index (χ0n) is 9.70. The Morgan fingerprint density at radius 1 is 1.20 bits per heavy atom. The van der Waals surface area contributed by atoms with Crippen LogP contribution in [0.3, 0.4) is 0 Å². The molecular formula is C11H22O3S. The molecule has 90 valence electrons. The van der Waals surface area contributed by atoms with Crippen LogP contribution in [0.1, 0.15) is 52.4 Å². The van der Waals surface area contributed by atoms with E-state index in [1.165, 1.54) is 12.8 Å². The zero-order chi connectivity index (χ0) is 11.7. The van der Waals surface area contributed by atoms with Gasteiger partial charge in [-0.05, 0) is 12.8 Å². The highest BCUT2D eigenvalue weighted by molar-refractivity contribution is 7.86. The first-order valence-corrected chi connectivity index (χ1v) is 7.11. The van der Waals surface area contributed by atoms with Gasteiger partial charge in [-0.3, -0.25) is 9.00 Å². The molecule has 0 rings (SSSR count). The van der Waals surface area contributed by atoms with E-state index >= 15 is 0 Å². The zero-order valence-corrected chi connectivity index (χ0v) is 10.5. The third kappa shape index (κ3) is 6.66. The van der Waals surface area contributed by atoms with Gasteiger partial charge >= 0.3 is 5.97 Å². The molecule has 0 radical (unpaired) electrons. The summed E-state index contributed by atoms with van der Waals surface area (Å²) in [4.78, 5) is 10.7. The minimum Gasteiger partial charge on any atom is -0.480 e. The summed E-state index contributed by atoms with van der Waals surface area (Å²) in [7, 11) is -1.19. The van der Waals surface area contributed by atoms with Crippen LogP contribution in [-0.4, -0.2) is 26.3 Å². The van der Waals surface area contributed by atoms with Crippen molar-refractivity contribution in [1.29, 1.82) is 0 Å². The van der Waals surface area contributed by atoms with Crippen LogP contribution in [0.15, 0.2) is 0 Å². The monoisotopic (exact) mass is 234 g/mol. The Morgan fingerprint density at radius 2 is 1.80 bits per heavy atom. The minimum atomic E-state index is -1.19. The highest BCUT2D eigenvalue weighted by atomic mass is 32.2. The molecule has 0 heterocycles. The van der Waals surface area contributed by atoms with Crippen LogP contribution in [0.25, 0.3) is 0 Å². The van der Waals surface area contributed by atoms with Crippen molar-refractivity contribution in [2.75, 3.05) is 5.75 Å². The lowest BCUT2D eigenvalue weighted by atomic mass is 10.2. The topological polar surface area (TPSA) is 54.4 Å². The SMILES string of the molecule is CCCCCCCS(=O)C(CC)C(=O)O. The Hall–Kier alpha value is -0.380. The maximum atomic E-state index is 11.6. The molecule has 0 spiro atoms. The van der Waals surface area contributed by atoms with Crippen molar-refractivity contribution in [2.24, 2.45) is 0 Å². The second-order valence-corrected chi connectivity index (χ2v) is 5.47. The molecule has 0 aromatic rings. The number of hydrogen-bond acceptors (Lipinski definition) is 2. The molecule has 4 heteroatoms. The van der Waals surface area contributed by atoms with Crippen LogP contribution in [0, 0.1) is 0 Å². The molecule has 0 amide bonds. The van der Waals surface area contributed by atoms with Crippen LogP contribution in [0.2, 0.25) is 0 Å². The maximum Gasteiger partial charge on any atom is 0.319 e. The Bertz CT molecular complexity index is 204. The first-order valence-electron chi connectivity index (χ1n) is 5.73. The summed E-state index contributed by atoms with van der Waals surface area (Å²) in [6, 6.07) is 0. The molecule has 0 saturated carbocycles. The van der Waals surface area contributed by atoms with Crippen molar-refractivity contribution in [2.45, 2.75) is 57.6 Å². The van der Waals surface area contributed by atoms with Crippen molar-refractivity contribution in [1.82, 2.24) is 0 Å². The number of rotatable bonds is 9. The van der Waals surface area contributed by atoms with Crippen molar-refractivity contribution < 1.29 is 14.1 Å². The van der Waals surface area contributed by atoms with Crippen molar-refractivity contribution in [3.63, 3.8) is 0 Å². The Labute approximate surface area is 94.7 Å². The quantitative estimate of drug-likeness (QED) is 0.624. The second kappa shape index (κ2) is 8.89. The first-order chi connectivity index (χ1) is 7.13. The summed E-state index contributed by atoms with van der Waals surface area (Å²) >= 11 is 0. The van der Waals surface area contributed by atoms with Crippen molar-refractivity contribution in [3.8, 4) is 0 Å². The van der Waals surface area contributed by atoms with Gasteiger partial charge in [-0.2, -0.15) is 0 Å². The number of hydrogen-bond donors (Lipinski definition) is 1. The summed E-state index contributed by atoms with van der Waals surface area (Å²) in [6.45, 7) is 3.92. The molecule has 0 aliphatic rings. The maximum absolute atomic E-state index is 11.6. The fraction of sp³-hybridized carbons (Fsp3) is 0.909. The average Bonchev–Trinajstić information content (AvgIpc) is 2.18. The number of carbonyl (C=O) groups is 1. The molecule has 0 bridgehead atoms. The number of aliphatic carboxylic acids is 1. The van der Waals surface area contributed by atoms with Gasteiger partial charge in [0.25, 0.3) is 0 Å². The minimum absolute atomic E-state index is 0.455. The summed E-state index contributed by atoms with van der Waals surface area (Å²) in [5.74, 6) is -0.390. The molecule has 1 N–H and O–H groups in total. The smallest absolute Gasteiger partial charge is 0.319 e. The van der Waals surface area contributed by atoms with Gasteiger partial charge in [-0.1, -0.05) is 39.5 Å². The lowest BCUT2D eigenvalue weighted by molar-refractivity contribution is -0.136. The van der Waals surface area contributed by atoms with Crippen LogP contribution in [-0.2, 0) is 15.6 Å². The molecule has 2 atom stereocenters. The van der Waals surface area contributed by atoms with E-state index < -0.39 is 22.0 Å². The van der Waals surface area contributed by atoms with E-state index in [2.05, 4.69) is 6.92 Å². The highest BCUT2D eigenvalue weighted by Crippen LogP contribution is 2.08. The van der Waals surface area contributed by atoms with Gasteiger partial charge in [0.05, 0.1) is 0 Å². The van der Waals surface area contributed by atoms with Crippen LogP contribution in [0.5, 0.6) is 0 Å². The van der Waals surface area contributed by atoms with Gasteiger partial charge < -0.3 is 5.11 Å². The Balaban J connectivity index is 3.67. The van der Waals surface area contributed by atoms with Crippen LogP contribution >= 0.6 is 0 Å². The molecule has 0 saturated heterocycles. The van der Waals surface area contributed by atoms with Crippen molar-refractivity contribution >= 4 is 16.8 Å². The predicted octanol–water partition coefficient (Wildman–Crippen LogP) is 2.57. The molecule has 3 nitrogen and oxygen atoms in total. The molecule has 0 aromatic carbocycles. The number of carboxylic acid groups (broad SMARTS) is 1. The summed E-state index contributed by atoms with van der Waals surface area (Å²) in [5.41, 5.74) is 0. The van der Waals surface area contributed by atoms with Crippen LogP contribution < -0.4 is 0 Å². The normalized spacial score (nSPS) is 14.8. The summed E-state index contributed by atoms with van der Waals surface area (Å²) < 4.78 is 11.6. The predicted molar refractivity (Wildman–Crippen MR) is 63.5 cm³/mol. The molecular weight excluding hydrogens is 212 g/mol. The van der Waals surface area contributed by atoms with Gasteiger partial charge in [0.1, 0.15) is 5.25 Å². The molecule has 2 unspecified atom stereocenters. The standard InChI is InChI=1S/C11H22O3S/c1-3-5-6-7-8-9-15(14)10(4-2)11(12)13/h10H,3-9H2,1-2H3,(H,12,13). The van der Waals surface area contributed by atoms with Crippen molar-refractivity contribution in [3.05, 3.63) is 0 Å². The van der Waals surface area contributed by atoms with E-state index in [-0.39, 0.29) is 0 Å². The highest BCUT2D eigenvalue weighted by Gasteiger charge is 2.21. The largest absolute Gasteiger partial charge is 0.480 e. The van der Waals surface area contributed by atoms with Gasteiger partial charge in [-0.25, -0.2) is 0 Å². The molecule has 15 heavy (non-hydrogen) atoms. The van der Waals surface area contributed by atoms with E-state index in [9.17, 15) is 9.00 Å². The molecule has 0 aliphatic carbocycles. The van der Waals surface area contributed by atoms with Gasteiger partial charge in [-0.15, -0.1) is 0 Å². The molecule has 0 fully saturated rings. The van der Waals surface area contributed by atoms with E-state index in [0.717, 1.165) is 19.3 Å². The molecule has 0 aliphatic heterocycles. The fourth-order valence-electron chi connectivity index (χ4n) is 1.46. The van der Waals surface area contributed by atoms with Crippen LogP contribution in [0.4, 0.5) is 0 Å². The average molecular weight is 234 g/mol. The van der Waals surface area contributed by atoms with E-state index in [1.54, 1.807) is 6.92 Å². The van der Waals surface area contributed by atoms with E-state index in [1.807, 2.05) is 0 Å². The second-order valence-electron chi connectivity index (χ2n) is 3.73. The van der Waals surface area contributed by atoms with Gasteiger partial charge in [0, 0.05) is 16.6 Å². The number of unbranched alkanes of at least 4 members (excludes halogenated alkanes) is 4. The van der Waals surface area contributed by atoms with E-state index in [0.29, 0.717) is 12.2 Å². The Kier molecular flexibility index (Phi) is 8.67. The molecule has 0 aromatic heterocycles. The fourth-order valence-corrected chi connectivity index (χ4v) is 2.83. The van der Waals surface area contributed by atoms with E-state index in [4.69, 9.17) is 5.11 Å².